The van der Waals surface area contributed by atoms with Gasteiger partial charge in [0, 0.05) is 48.7 Å². The zero-order valence-corrected chi connectivity index (χ0v) is 43.9. The van der Waals surface area contributed by atoms with Gasteiger partial charge in [-0.15, -0.1) is 0 Å². The van der Waals surface area contributed by atoms with Gasteiger partial charge in [-0.3, -0.25) is 33.6 Å². The third-order valence-corrected chi connectivity index (χ3v) is 15.3. The third-order valence-electron chi connectivity index (χ3n) is 15.3. The van der Waals surface area contributed by atoms with Crippen LogP contribution in [-0.2, 0) is 48.0 Å². The van der Waals surface area contributed by atoms with Gasteiger partial charge in [-0.25, -0.2) is 0 Å². The molecule has 0 radical (unpaired) electrons. The number of likely N-dealkylation sites (N-methyl/N-ethyl adjacent to an activating group) is 1. The second-order valence-corrected chi connectivity index (χ2v) is 22.7. The second-order valence-electron chi connectivity index (χ2n) is 22.7. The van der Waals surface area contributed by atoms with Crippen LogP contribution in [0.15, 0.2) is 72.8 Å². The summed E-state index contributed by atoms with van der Waals surface area (Å²) in [5.41, 5.74) is 4.46. The molecule has 13 heteroatoms. The van der Waals surface area contributed by atoms with Crippen molar-refractivity contribution >= 4 is 41.1 Å². The first-order valence-corrected chi connectivity index (χ1v) is 26.1. The summed E-state index contributed by atoms with van der Waals surface area (Å²) in [4.78, 5) is 99.9. The molecule has 6 rings (SSSR count). The van der Waals surface area contributed by atoms with Crippen molar-refractivity contribution < 1.29 is 33.6 Å². The SMILES string of the molecule is CC[C@@H](C)C(=O)N[C@H](C(=O)C[C@@H](Cc1ccc(C(=O)N[C@H]2C[C@@H](C(=O)NC3CCCc4ccccc43)N(C(=O)[C@@H](CC(=O)[C@H](C)NC)C(C)(C)C)C2)cc1)C(=O)N[C@@H]1CCCc2ccccc21)C(C)(C)C. The minimum atomic E-state index is -0.875. The quantitative estimate of drug-likeness (QED) is 0.0810. The van der Waals surface area contributed by atoms with Gasteiger partial charge in [0.25, 0.3) is 5.91 Å². The van der Waals surface area contributed by atoms with Gasteiger partial charge in [0.2, 0.25) is 23.6 Å². The van der Waals surface area contributed by atoms with E-state index >= 15 is 0 Å². The van der Waals surface area contributed by atoms with Gasteiger partial charge in [0.05, 0.1) is 24.2 Å². The number of hydrogen-bond acceptors (Lipinski definition) is 8. The summed E-state index contributed by atoms with van der Waals surface area (Å²) >= 11 is 0. The Morgan fingerprint density at radius 1 is 0.690 bits per heavy atom. The van der Waals surface area contributed by atoms with Crippen molar-refractivity contribution in [1.29, 1.82) is 0 Å². The molecular formula is C58H80N6O7. The van der Waals surface area contributed by atoms with Crippen LogP contribution in [0.2, 0.25) is 0 Å². The summed E-state index contributed by atoms with van der Waals surface area (Å²) in [6.07, 6.45) is 6.21. The molecule has 1 heterocycles. The Bertz CT molecular complexity index is 2400. The van der Waals surface area contributed by atoms with E-state index in [0.29, 0.717) is 12.0 Å². The number of nitrogens with zero attached hydrogens (tertiary/aromatic N) is 1. The lowest BCUT2D eigenvalue weighted by Gasteiger charge is -2.36. The fourth-order valence-electron chi connectivity index (χ4n) is 10.5. The standard InChI is InChI=1S/C58H80N6O7/c1-11-35(2)52(67)63-51(58(7,8)9)50(66)31-41(54(69)61-46-24-16-20-38-18-12-14-22-43(38)46)30-37-26-28-40(29-27-37)53(68)60-42-32-48(55(70)62-47-25-17-21-39-19-13-15-23-44(39)47)64(34-42)56(71)45(57(4,5)6)33-49(65)36(3)59-10/h12-15,18-19,22-23,26-29,35-36,41-42,45-48,51,59H,11,16-17,20-21,24-25,30-34H2,1-10H3,(H,60,68)(H,61,69)(H,62,70)(H,63,67)/t35-,36+,41-,42+,45-,46-,47?,48+,51-/m1/s1. The van der Waals surface area contributed by atoms with Crippen LogP contribution in [0, 0.1) is 28.6 Å². The average molecular weight is 973 g/mol. The molecule has 5 N–H and O–H groups in total. The van der Waals surface area contributed by atoms with E-state index in [-0.39, 0.29) is 91.3 Å². The third kappa shape index (κ3) is 13.8. The van der Waals surface area contributed by atoms with Crippen LogP contribution in [0.1, 0.15) is 164 Å². The number of likely N-dealkylation sites (tertiary alicyclic amines) is 1. The van der Waals surface area contributed by atoms with Gasteiger partial charge >= 0.3 is 0 Å². The highest BCUT2D eigenvalue weighted by molar-refractivity contribution is 5.96. The number of ketones is 2. The van der Waals surface area contributed by atoms with Gasteiger partial charge in [-0.2, -0.15) is 0 Å². The van der Waals surface area contributed by atoms with Crippen molar-refractivity contribution in [2.45, 2.75) is 169 Å². The van der Waals surface area contributed by atoms with Crippen molar-refractivity contribution in [3.63, 3.8) is 0 Å². The monoisotopic (exact) mass is 973 g/mol. The van der Waals surface area contributed by atoms with Gasteiger partial charge in [0.1, 0.15) is 11.8 Å². The van der Waals surface area contributed by atoms with Crippen molar-refractivity contribution in [2.75, 3.05) is 13.6 Å². The second kappa shape index (κ2) is 23.7. The molecule has 0 spiro atoms. The molecule has 1 fully saturated rings. The van der Waals surface area contributed by atoms with Crippen molar-refractivity contribution in [1.82, 2.24) is 31.5 Å². The molecular weight excluding hydrogens is 893 g/mol. The highest BCUT2D eigenvalue weighted by Gasteiger charge is 2.46. The number of hydrogen-bond donors (Lipinski definition) is 5. The lowest BCUT2D eigenvalue weighted by atomic mass is 9.76. The Hall–Kier alpha value is -5.69. The summed E-state index contributed by atoms with van der Waals surface area (Å²) in [5.74, 6) is -3.47. The maximum Gasteiger partial charge on any atom is 0.251 e. The van der Waals surface area contributed by atoms with Crippen molar-refractivity contribution in [3.8, 4) is 0 Å². The predicted octanol–water partition coefficient (Wildman–Crippen LogP) is 7.70. The Balaban J connectivity index is 1.21. The zero-order valence-electron chi connectivity index (χ0n) is 43.9. The molecule has 2 aliphatic carbocycles. The first kappa shape index (κ1) is 54.6. The minimum Gasteiger partial charge on any atom is -0.349 e. The molecule has 3 aliphatic rings. The van der Waals surface area contributed by atoms with E-state index in [9.17, 15) is 33.6 Å². The highest BCUT2D eigenvalue weighted by atomic mass is 16.2. The number of carbonyl (C=O) groups excluding carboxylic acids is 7. The van der Waals surface area contributed by atoms with E-state index in [1.807, 2.05) is 91.8 Å². The Morgan fingerprint density at radius 3 is 1.82 bits per heavy atom. The molecule has 3 aromatic rings. The molecule has 384 valence electrons. The molecule has 1 aliphatic heterocycles. The Labute approximate surface area is 422 Å². The number of rotatable bonds is 19. The van der Waals surface area contributed by atoms with Crippen LogP contribution in [0.3, 0.4) is 0 Å². The Kier molecular flexibility index (Phi) is 18.2. The number of aryl methyl sites for hydroxylation is 2. The minimum absolute atomic E-state index is 0.00569. The molecule has 0 saturated carbocycles. The predicted molar refractivity (Wildman–Crippen MR) is 277 cm³/mol. The molecule has 3 aromatic carbocycles. The number of amides is 5. The number of fused-ring (bicyclic) bond motifs is 2. The fourth-order valence-corrected chi connectivity index (χ4v) is 10.5. The normalized spacial score (nSPS) is 21.0. The number of Topliss-reactive ketones (excluding diaryl/α,β-unsaturated/α-hetero) is 2. The van der Waals surface area contributed by atoms with Gasteiger partial charge in [-0.05, 0) is 123 Å². The first-order chi connectivity index (χ1) is 33.6. The van der Waals surface area contributed by atoms with Crippen LogP contribution in [-0.4, -0.2) is 83.8 Å². The molecule has 1 unspecified atom stereocenters. The van der Waals surface area contributed by atoms with Crippen LogP contribution in [0.4, 0.5) is 0 Å². The zero-order chi connectivity index (χ0) is 51.8. The summed E-state index contributed by atoms with van der Waals surface area (Å²) in [6, 6.07) is 20.1. The maximum atomic E-state index is 14.7. The highest BCUT2D eigenvalue weighted by Crippen LogP contribution is 2.36. The van der Waals surface area contributed by atoms with E-state index < -0.39 is 46.8 Å². The first-order valence-electron chi connectivity index (χ1n) is 26.1. The van der Waals surface area contributed by atoms with Crippen LogP contribution >= 0.6 is 0 Å². The van der Waals surface area contributed by atoms with Gasteiger partial charge < -0.3 is 31.5 Å². The van der Waals surface area contributed by atoms with Crippen LogP contribution in [0.25, 0.3) is 0 Å². The molecule has 1 saturated heterocycles. The summed E-state index contributed by atoms with van der Waals surface area (Å²) < 4.78 is 0. The smallest absolute Gasteiger partial charge is 0.251 e. The lowest BCUT2D eigenvalue weighted by molar-refractivity contribution is -0.146. The molecule has 0 aromatic heterocycles. The maximum absolute atomic E-state index is 14.7. The molecule has 71 heavy (non-hydrogen) atoms. The van der Waals surface area contributed by atoms with E-state index in [1.54, 1.807) is 43.1 Å². The number of benzene rings is 3. The van der Waals surface area contributed by atoms with E-state index in [0.717, 1.165) is 55.2 Å². The van der Waals surface area contributed by atoms with Crippen LogP contribution in [0.5, 0.6) is 0 Å². The topological polar surface area (TPSA) is 183 Å². The van der Waals surface area contributed by atoms with Crippen molar-refractivity contribution in [2.24, 2.45) is 28.6 Å². The van der Waals surface area contributed by atoms with Gasteiger partial charge in [0.15, 0.2) is 5.78 Å². The van der Waals surface area contributed by atoms with E-state index in [1.165, 1.54) is 11.1 Å². The van der Waals surface area contributed by atoms with E-state index in [4.69, 9.17) is 0 Å². The molecule has 9 atom stereocenters. The molecule has 0 bridgehead atoms. The van der Waals surface area contributed by atoms with Gasteiger partial charge in [-0.1, -0.05) is 116 Å². The van der Waals surface area contributed by atoms with E-state index in [2.05, 4.69) is 38.7 Å². The number of carbonyl (C=O) groups is 7. The summed E-state index contributed by atoms with van der Waals surface area (Å²) in [6.45, 7) is 17.1. The van der Waals surface area contributed by atoms with Crippen molar-refractivity contribution in [3.05, 3.63) is 106 Å². The largest absolute Gasteiger partial charge is 0.349 e. The molecule has 5 amide bonds. The lowest BCUT2D eigenvalue weighted by Crippen LogP contribution is -2.51. The molecule has 13 nitrogen and oxygen atoms in total. The average Bonchev–Trinajstić information content (AvgIpc) is 3.77. The number of nitrogens with one attached hydrogen (secondary N) is 5. The summed E-state index contributed by atoms with van der Waals surface area (Å²) in [7, 11) is 1.71. The summed E-state index contributed by atoms with van der Waals surface area (Å²) in [5, 5.41) is 15.6. The fraction of sp³-hybridized carbons (Fsp3) is 0.569. The van der Waals surface area contributed by atoms with Crippen LogP contribution < -0.4 is 26.6 Å². The Morgan fingerprint density at radius 2 is 1.27 bits per heavy atom.